The Hall–Kier alpha value is -1.36. The highest BCUT2D eigenvalue weighted by Gasteiger charge is 2.13. The molecule has 1 unspecified atom stereocenters. The van der Waals surface area contributed by atoms with E-state index in [9.17, 15) is 9.90 Å². The van der Waals surface area contributed by atoms with E-state index in [-0.39, 0.29) is 18.4 Å². The van der Waals surface area contributed by atoms with Crippen molar-refractivity contribution in [1.82, 2.24) is 5.32 Å². The van der Waals surface area contributed by atoms with Crippen LogP contribution in [-0.4, -0.2) is 24.2 Å². The van der Waals surface area contributed by atoms with E-state index >= 15 is 0 Å². The second-order valence-corrected chi connectivity index (χ2v) is 6.36. The monoisotopic (exact) mass is 381 g/mol. The third-order valence-corrected chi connectivity index (χ3v) is 4.37. The van der Waals surface area contributed by atoms with Crippen LogP contribution in [0.5, 0.6) is 0 Å². The first-order valence-electron chi connectivity index (χ1n) is 6.98. The summed E-state index contributed by atoms with van der Waals surface area (Å²) in [5, 5.41) is 12.9. The van der Waals surface area contributed by atoms with Crippen LogP contribution in [-0.2, 0) is 6.42 Å². The van der Waals surface area contributed by atoms with E-state index in [2.05, 4.69) is 21.2 Å². The van der Waals surface area contributed by atoms with Gasteiger partial charge in [0.2, 0.25) is 0 Å². The smallest absolute Gasteiger partial charge is 0.251 e. The molecule has 0 aromatic heterocycles. The Labute approximate surface area is 143 Å². The summed E-state index contributed by atoms with van der Waals surface area (Å²) in [5.41, 5.74) is 1.63. The van der Waals surface area contributed by atoms with Crippen LogP contribution in [0.25, 0.3) is 0 Å². The van der Waals surface area contributed by atoms with Crippen LogP contribution in [0.4, 0.5) is 0 Å². The van der Waals surface area contributed by atoms with E-state index in [4.69, 9.17) is 11.6 Å². The Morgan fingerprint density at radius 2 is 2.00 bits per heavy atom. The van der Waals surface area contributed by atoms with Gasteiger partial charge in [-0.15, -0.1) is 0 Å². The van der Waals surface area contributed by atoms with Gasteiger partial charge in [0.15, 0.2) is 0 Å². The maximum Gasteiger partial charge on any atom is 0.251 e. The molecule has 2 N–H and O–H groups in total. The molecule has 2 rings (SSSR count). The summed E-state index contributed by atoms with van der Waals surface area (Å²) in [6, 6.07) is 14.7. The van der Waals surface area contributed by atoms with Crippen LogP contribution >= 0.6 is 27.5 Å². The van der Waals surface area contributed by atoms with Crippen molar-refractivity contribution in [3.63, 3.8) is 0 Å². The van der Waals surface area contributed by atoms with Gasteiger partial charge in [-0.2, -0.15) is 0 Å². The van der Waals surface area contributed by atoms with Crippen molar-refractivity contribution < 1.29 is 9.90 Å². The fourth-order valence-corrected chi connectivity index (χ4v) is 2.78. The van der Waals surface area contributed by atoms with Gasteiger partial charge in [-0.1, -0.05) is 51.8 Å². The van der Waals surface area contributed by atoms with E-state index in [1.807, 2.05) is 24.3 Å². The van der Waals surface area contributed by atoms with E-state index in [1.54, 1.807) is 24.3 Å². The van der Waals surface area contributed by atoms with Crippen molar-refractivity contribution in [2.45, 2.75) is 6.42 Å². The highest BCUT2D eigenvalue weighted by molar-refractivity contribution is 9.10. The summed E-state index contributed by atoms with van der Waals surface area (Å²) < 4.78 is 1.01. The number of hydrogen-bond acceptors (Lipinski definition) is 2. The second kappa shape index (κ2) is 8.32. The highest BCUT2D eigenvalue weighted by Crippen LogP contribution is 2.19. The summed E-state index contributed by atoms with van der Waals surface area (Å²) >= 11 is 9.37. The van der Waals surface area contributed by atoms with Gasteiger partial charge in [-0.3, -0.25) is 4.79 Å². The summed E-state index contributed by atoms with van der Waals surface area (Å²) in [7, 11) is 0. The Kier molecular flexibility index (Phi) is 6.43. The molecule has 0 aliphatic carbocycles. The zero-order valence-corrected chi connectivity index (χ0v) is 14.3. The minimum atomic E-state index is -0.187. The molecular weight excluding hydrogens is 366 g/mol. The van der Waals surface area contributed by atoms with Crippen LogP contribution in [0.2, 0.25) is 5.02 Å². The van der Waals surface area contributed by atoms with Gasteiger partial charge >= 0.3 is 0 Å². The topological polar surface area (TPSA) is 49.3 Å². The minimum Gasteiger partial charge on any atom is -0.396 e. The number of carbonyl (C=O) groups is 1. The molecule has 1 amide bonds. The molecule has 0 saturated carbocycles. The van der Waals surface area contributed by atoms with E-state index in [0.717, 1.165) is 10.0 Å². The fourth-order valence-electron chi connectivity index (χ4n) is 2.15. The van der Waals surface area contributed by atoms with Crippen LogP contribution in [0, 0.1) is 5.92 Å². The predicted octanol–water partition coefficient (Wildman–Crippen LogP) is 3.68. The zero-order valence-electron chi connectivity index (χ0n) is 11.9. The first-order valence-corrected chi connectivity index (χ1v) is 8.15. The molecule has 0 bridgehead atoms. The number of nitrogens with one attached hydrogen (secondary N) is 1. The molecule has 0 spiro atoms. The summed E-state index contributed by atoms with van der Waals surface area (Å²) in [6.07, 6.45) is 0.688. The molecule has 0 aliphatic rings. The molecule has 2 aromatic rings. The third kappa shape index (κ3) is 4.83. The lowest BCUT2D eigenvalue weighted by Gasteiger charge is -2.16. The molecule has 3 nitrogen and oxygen atoms in total. The maximum absolute atomic E-state index is 12.1. The lowest BCUT2D eigenvalue weighted by molar-refractivity contribution is 0.0940. The van der Waals surface area contributed by atoms with Crippen LogP contribution in [0.3, 0.4) is 0 Å². The predicted molar refractivity (Wildman–Crippen MR) is 92.2 cm³/mol. The third-order valence-electron chi connectivity index (χ3n) is 3.36. The molecule has 5 heteroatoms. The Bertz CT molecular complexity index is 648. The van der Waals surface area contributed by atoms with Crippen molar-refractivity contribution in [1.29, 1.82) is 0 Å². The Balaban J connectivity index is 1.94. The van der Waals surface area contributed by atoms with Gasteiger partial charge in [0.1, 0.15) is 0 Å². The minimum absolute atomic E-state index is 0.0111. The van der Waals surface area contributed by atoms with Crippen molar-refractivity contribution in [3.05, 3.63) is 69.2 Å². The van der Waals surface area contributed by atoms with Crippen molar-refractivity contribution in [2.75, 3.05) is 13.2 Å². The second-order valence-electron chi connectivity index (χ2n) is 5.06. The van der Waals surface area contributed by atoms with Crippen LogP contribution in [0.1, 0.15) is 15.9 Å². The number of aliphatic hydroxyl groups is 1. The standard InChI is InChI=1S/C17H17BrClNO2/c18-16-7-2-1-4-13(16)8-12(11-21)10-20-17(22)14-5-3-6-15(19)9-14/h1-7,9,12,21H,8,10-11H2,(H,20,22). The molecule has 116 valence electrons. The van der Waals surface area contributed by atoms with Crippen molar-refractivity contribution in [2.24, 2.45) is 5.92 Å². The molecule has 0 saturated heterocycles. The van der Waals surface area contributed by atoms with Crippen molar-refractivity contribution >= 4 is 33.4 Å². The molecular formula is C17H17BrClNO2. The Morgan fingerprint density at radius 3 is 2.68 bits per heavy atom. The SMILES string of the molecule is O=C(NCC(CO)Cc1ccccc1Br)c1cccc(Cl)c1. The summed E-state index contributed by atoms with van der Waals surface area (Å²) in [4.78, 5) is 12.1. The normalized spacial score (nSPS) is 12.0. The molecule has 0 fully saturated rings. The van der Waals surface area contributed by atoms with Gasteiger partial charge < -0.3 is 10.4 Å². The van der Waals surface area contributed by atoms with E-state index < -0.39 is 0 Å². The maximum atomic E-state index is 12.1. The van der Waals surface area contributed by atoms with E-state index in [0.29, 0.717) is 23.6 Å². The number of hydrogen-bond donors (Lipinski definition) is 2. The van der Waals surface area contributed by atoms with E-state index in [1.165, 1.54) is 0 Å². The number of amides is 1. The van der Waals surface area contributed by atoms with Gasteiger partial charge in [-0.05, 0) is 36.2 Å². The Morgan fingerprint density at radius 1 is 1.23 bits per heavy atom. The number of rotatable bonds is 6. The quantitative estimate of drug-likeness (QED) is 0.800. The average Bonchev–Trinajstić information content (AvgIpc) is 2.52. The summed E-state index contributed by atoms with van der Waals surface area (Å²) in [6.45, 7) is 0.417. The number of aliphatic hydroxyl groups excluding tert-OH is 1. The fraction of sp³-hybridized carbons (Fsp3) is 0.235. The van der Waals surface area contributed by atoms with Crippen LogP contribution < -0.4 is 5.32 Å². The zero-order chi connectivity index (χ0) is 15.9. The number of carbonyl (C=O) groups excluding carboxylic acids is 1. The van der Waals surface area contributed by atoms with Crippen molar-refractivity contribution in [3.8, 4) is 0 Å². The first-order chi connectivity index (χ1) is 10.6. The summed E-state index contributed by atoms with van der Waals surface area (Å²) in [5.74, 6) is -0.227. The molecule has 22 heavy (non-hydrogen) atoms. The van der Waals surface area contributed by atoms with Gasteiger partial charge in [0.05, 0.1) is 0 Å². The van der Waals surface area contributed by atoms with Gasteiger partial charge in [-0.25, -0.2) is 0 Å². The first kappa shape index (κ1) is 17.0. The highest BCUT2D eigenvalue weighted by atomic mass is 79.9. The number of benzene rings is 2. The molecule has 0 aliphatic heterocycles. The lowest BCUT2D eigenvalue weighted by atomic mass is 10.00. The van der Waals surface area contributed by atoms with Gasteiger partial charge in [0.25, 0.3) is 5.91 Å². The molecule has 0 heterocycles. The molecule has 2 aromatic carbocycles. The lowest BCUT2D eigenvalue weighted by Crippen LogP contribution is -2.31. The average molecular weight is 383 g/mol. The van der Waals surface area contributed by atoms with Crippen LogP contribution in [0.15, 0.2) is 53.0 Å². The molecule has 1 atom stereocenters. The number of halogens is 2. The largest absolute Gasteiger partial charge is 0.396 e. The molecule has 0 radical (unpaired) electrons. The van der Waals surface area contributed by atoms with Gasteiger partial charge in [0, 0.05) is 34.1 Å².